The van der Waals surface area contributed by atoms with Gasteiger partial charge in [-0.25, -0.2) is 9.59 Å². The van der Waals surface area contributed by atoms with Gasteiger partial charge in [0.15, 0.2) is 0 Å². The highest BCUT2D eigenvalue weighted by atomic mass is 127. The van der Waals surface area contributed by atoms with Gasteiger partial charge in [0, 0.05) is 3.57 Å². The van der Waals surface area contributed by atoms with Crippen molar-refractivity contribution in [3.05, 3.63) is 54.2 Å². The van der Waals surface area contributed by atoms with Crippen LogP contribution in [0.1, 0.15) is 26.3 Å². The highest BCUT2D eigenvalue weighted by molar-refractivity contribution is 14.1. The fraction of sp³-hybridized carbons (Fsp3) is 0.0667. The Morgan fingerprint density at radius 1 is 1.14 bits per heavy atom. The van der Waals surface area contributed by atoms with Crippen molar-refractivity contribution < 1.29 is 24.5 Å². The summed E-state index contributed by atoms with van der Waals surface area (Å²) in [5.74, 6) is -1.85. The number of ether oxygens (including phenoxy) is 1. The number of carbonyl (C=O) groups is 2. The van der Waals surface area contributed by atoms with Gasteiger partial charge in [0.1, 0.15) is 17.1 Å². The summed E-state index contributed by atoms with van der Waals surface area (Å²) in [6, 6.07) is 7.51. The average Bonchev–Trinajstić information content (AvgIpc) is 2.44. The van der Waals surface area contributed by atoms with Crippen LogP contribution in [0.4, 0.5) is 0 Å². The predicted octanol–water partition coefficient (Wildman–Crippen LogP) is 3.83. The minimum Gasteiger partial charge on any atom is -0.506 e. The van der Waals surface area contributed by atoms with E-state index in [0.717, 1.165) is 3.57 Å². The zero-order valence-corrected chi connectivity index (χ0v) is 15.6. The van der Waals surface area contributed by atoms with E-state index in [9.17, 15) is 14.7 Å². The van der Waals surface area contributed by atoms with E-state index in [1.165, 1.54) is 18.2 Å². The van der Waals surface area contributed by atoms with E-state index in [4.69, 9.17) is 9.84 Å². The fourth-order valence-electron chi connectivity index (χ4n) is 1.72. The number of hydrogen-bond donors (Lipinski definition) is 2. The number of aryl methyl sites for hydroxylation is 1. The molecule has 0 spiro atoms. The van der Waals surface area contributed by atoms with Crippen LogP contribution in [0, 0.1) is 14.1 Å². The van der Waals surface area contributed by atoms with Crippen LogP contribution in [-0.4, -0.2) is 22.2 Å². The minimum atomic E-state index is -1.11. The number of esters is 1. The quantitative estimate of drug-likeness (QED) is 0.363. The largest absolute Gasteiger partial charge is 0.506 e. The Balaban J connectivity index is 2.37. The van der Waals surface area contributed by atoms with E-state index in [-0.39, 0.29) is 22.6 Å². The lowest BCUT2D eigenvalue weighted by molar-refractivity contribution is 0.0686. The summed E-state index contributed by atoms with van der Waals surface area (Å²) >= 11 is 3.95. The van der Waals surface area contributed by atoms with Crippen LogP contribution in [0.3, 0.4) is 0 Å². The first-order chi connectivity index (χ1) is 10.3. The fourth-order valence-corrected chi connectivity index (χ4v) is 3.56. The van der Waals surface area contributed by atoms with Crippen molar-refractivity contribution in [1.29, 1.82) is 0 Å². The molecule has 7 heteroatoms. The Labute approximate surface area is 153 Å². The maximum Gasteiger partial charge on any atom is 0.347 e. The molecule has 114 valence electrons. The normalized spacial score (nSPS) is 10.3. The standard InChI is InChI=1S/C15H10I2O5/c1-7-2-3-8(14(19)20)4-12(7)22-15(21)10-5-9(16)6-11(17)13(10)18/h2-6,18H,1H3,(H,19,20). The van der Waals surface area contributed by atoms with Crippen LogP contribution >= 0.6 is 45.2 Å². The van der Waals surface area contributed by atoms with Gasteiger partial charge in [0.05, 0.1) is 9.13 Å². The molecule has 0 amide bonds. The number of aromatic carboxylic acids is 1. The summed E-state index contributed by atoms with van der Waals surface area (Å²) in [4.78, 5) is 23.2. The molecule has 0 saturated heterocycles. The first kappa shape index (κ1) is 17.0. The van der Waals surface area contributed by atoms with Gasteiger partial charge >= 0.3 is 11.9 Å². The molecule has 0 saturated carbocycles. The van der Waals surface area contributed by atoms with Crippen molar-refractivity contribution in [1.82, 2.24) is 0 Å². The lowest BCUT2D eigenvalue weighted by Crippen LogP contribution is -2.11. The first-order valence-corrected chi connectivity index (χ1v) is 8.19. The molecule has 0 aliphatic carbocycles. The molecule has 0 aliphatic heterocycles. The Morgan fingerprint density at radius 3 is 2.45 bits per heavy atom. The summed E-state index contributed by atoms with van der Waals surface area (Å²) in [7, 11) is 0. The molecule has 5 nitrogen and oxygen atoms in total. The van der Waals surface area contributed by atoms with Gasteiger partial charge in [-0.15, -0.1) is 0 Å². The van der Waals surface area contributed by atoms with Crippen LogP contribution in [-0.2, 0) is 0 Å². The molecule has 22 heavy (non-hydrogen) atoms. The average molecular weight is 524 g/mol. The topological polar surface area (TPSA) is 83.8 Å². The molecule has 0 fully saturated rings. The number of carboxylic acid groups (broad SMARTS) is 1. The number of carboxylic acids is 1. The minimum absolute atomic E-state index is 0.0230. The highest BCUT2D eigenvalue weighted by Crippen LogP contribution is 2.29. The second-order valence-electron chi connectivity index (χ2n) is 4.46. The molecule has 0 radical (unpaired) electrons. The van der Waals surface area contributed by atoms with Gasteiger partial charge in [0.2, 0.25) is 0 Å². The molecule has 2 N–H and O–H groups in total. The number of phenols is 1. The summed E-state index contributed by atoms with van der Waals surface area (Å²) in [5, 5.41) is 19.0. The Morgan fingerprint density at radius 2 is 1.82 bits per heavy atom. The second kappa shape index (κ2) is 6.82. The molecule has 2 rings (SSSR count). The van der Waals surface area contributed by atoms with Gasteiger partial charge in [0.25, 0.3) is 0 Å². The van der Waals surface area contributed by atoms with Crippen LogP contribution in [0.2, 0.25) is 0 Å². The van der Waals surface area contributed by atoms with Crippen molar-refractivity contribution in [2.75, 3.05) is 0 Å². The molecule has 0 heterocycles. The number of halogens is 2. The van der Waals surface area contributed by atoms with Crippen molar-refractivity contribution in [2.24, 2.45) is 0 Å². The Bertz CT molecular complexity index is 771. The smallest absolute Gasteiger partial charge is 0.347 e. The number of hydrogen-bond acceptors (Lipinski definition) is 4. The summed E-state index contributed by atoms with van der Waals surface area (Å²) in [6.45, 7) is 1.70. The molecule has 0 unspecified atom stereocenters. The third-order valence-corrected chi connectivity index (χ3v) is 4.33. The molecule has 0 aromatic heterocycles. The van der Waals surface area contributed by atoms with E-state index in [1.54, 1.807) is 19.1 Å². The molecule has 0 bridgehead atoms. The van der Waals surface area contributed by atoms with Crippen LogP contribution in [0.15, 0.2) is 30.3 Å². The van der Waals surface area contributed by atoms with E-state index in [1.807, 2.05) is 45.2 Å². The zero-order valence-electron chi connectivity index (χ0n) is 11.3. The van der Waals surface area contributed by atoms with Crippen LogP contribution in [0.25, 0.3) is 0 Å². The third-order valence-electron chi connectivity index (χ3n) is 2.89. The summed E-state index contributed by atoms with van der Waals surface area (Å²) in [5.41, 5.74) is 0.685. The van der Waals surface area contributed by atoms with Gasteiger partial charge in [-0.2, -0.15) is 0 Å². The van der Waals surface area contributed by atoms with E-state index in [2.05, 4.69) is 0 Å². The summed E-state index contributed by atoms with van der Waals surface area (Å²) in [6.07, 6.45) is 0. The highest BCUT2D eigenvalue weighted by Gasteiger charge is 2.18. The first-order valence-electron chi connectivity index (χ1n) is 6.03. The number of phenolic OH excluding ortho intramolecular Hbond substituents is 1. The van der Waals surface area contributed by atoms with Crippen molar-refractivity contribution in [2.45, 2.75) is 6.92 Å². The maximum absolute atomic E-state index is 12.2. The van der Waals surface area contributed by atoms with E-state index >= 15 is 0 Å². The molecular weight excluding hydrogens is 514 g/mol. The number of benzene rings is 2. The number of aromatic hydroxyl groups is 1. The lowest BCUT2D eigenvalue weighted by Gasteiger charge is -2.10. The summed E-state index contributed by atoms with van der Waals surface area (Å²) < 4.78 is 6.56. The van der Waals surface area contributed by atoms with E-state index < -0.39 is 11.9 Å². The second-order valence-corrected chi connectivity index (χ2v) is 6.87. The number of carbonyl (C=O) groups excluding carboxylic acids is 1. The van der Waals surface area contributed by atoms with Crippen molar-refractivity contribution in [3.8, 4) is 11.5 Å². The van der Waals surface area contributed by atoms with Gasteiger partial charge < -0.3 is 14.9 Å². The molecule has 2 aromatic rings. The van der Waals surface area contributed by atoms with Crippen molar-refractivity contribution >= 4 is 57.1 Å². The Hall–Kier alpha value is -1.36. The maximum atomic E-state index is 12.2. The van der Waals surface area contributed by atoms with Crippen LogP contribution < -0.4 is 4.74 Å². The van der Waals surface area contributed by atoms with Gasteiger partial charge in [-0.3, -0.25) is 0 Å². The monoisotopic (exact) mass is 524 g/mol. The molecular formula is C15H10I2O5. The molecule has 2 aromatic carbocycles. The van der Waals surface area contributed by atoms with Gasteiger partial charge in [-0.05, 0) is 81.9 Å². The molecule has 0 aliphatic rings. The van der Waals surface area contributed by atoms with E-state index in [0.29, 0.717) is 9.13 Å². The van der Waals surface area contributed by atoms with Crippen LogP contribution in [0.5, 0.6) is 11.5 Å². The van der Waals surface area contributed by atoms with Gasteiger partial charge in [-0.1, -0.05) is 6.07 Å². The number of rotatable bonds is 3. The lowest BCUT2D eigenvalue weighted by atomic mass is 10.1. The third kappa shape index (κ3) is 3.69. The molecule has 0 atom stereocenters. The van der Waals surface area contributed by atoms with Crippen molar-refractivity contribution in [3.63, 3.8) is 0 Å². The Kier molecular flexibility index (Phi) is 5.27. The predicted molar refractivity (Wildman–Crippen MR) is 96.6 cm³/mol. The zero-order chi connectivity index (χ0) is 16.4. The SMILES string of the molecule is Cc1ccc(C(=O)O)cc1OC(=O)c1cc(I)cc(I)c1O.